The lowest BCUT2D eigenvalue weighted by atomic mass is 10.2. The van der Waals surface area contributed by atoms with Crippen LogP contribution < -0.4 is 17.2 Å². The summed E-state index contributed by atoms with van der Waals surface area (Å²) >= 11 is 0. The molecule has 0 amide bonds. The number of hydrogen-bond donors (Lipinski definition) is 5. The Kier molecular flexibility index (Phi) is 8.94. The van der Waals surface area contributed by atoms with E-state index in [0.717, 1.165) is 25.9 Å². The predicted octanol–water partition coefficient (Wildman–Crippen LogP) is -0.952. The Balaban J connectivity index is 0.000000366. The molecule has 1 heterocycles. The molecular weight excluding hydrogens is 222 g/mol. The van der Waals surface area contributed by atoms with E-state index in [1.165, 1.54) is 6.33 Å². The van der Waals surface area contributed by atoms with E-state index in [9.17, 15) is 4.79 Å². The summed E-state index contributed by atoms with van der Waals surface area (Å²) in [7, 11) is 0. The van der Waals surface area contributed by atoms with Gasteiger partial charge in [0.1, 0.15) is 6.04 Å². The topological polar surface area (TPSA) is 144 Å². The molecule has 0 aromatic carbocycles. The van der Waals surface area contributed by atoms with Gasteiger partial charge in [-0.05, 0) is 25.9 Å². The molecular formula is C10H21N5O2. The minimum absolute atomic E-state index is 0.263. The van der Waals surface area contributed by atoms with Gasteiger partial charge in [0, 0.05) is 12.6 Å². The second-order valence-electron chi connectivity index (χ2n) is 3.49. The van der Waals surface area contributed by atoms with Crippen LogP contribution in [0.5, 0.6) is 0 Å². The van der Waals surface area contributed by atoms with Gasteiger partial charge in [-0.3, -0.25) is 4.79 Å². The molecule has 1 aromatic rings. The molecule has 1 aromatic heterocycles. The average molecular weight is 243 g/mol. The maximum absolute atomic E-state index is 10.3. The molecule has 1 rings (SSSR count). The minimum Gasteiger partial charge on any atom is -0.480 e. The zero-order valence-corrected chi connectivity index (χ0v) is 9.80. The van der Waals surface area contributed by atoms with E-state index in [0.29, 0.717) is 5.69 Å². The van der Waals surface area contributed by atoms with E-state index < -0.39 is 12.0 Å². The van der Waals surface area contributed by atoms with Gasteiger partial charge in [0.2, 0.25) is 0 Å². The van der Waals surface area contributed by atoms with Crippen LogP contribution in [0.15, 0.2) is 12.5 Å². The normalized spacial score (nSPS) is 11.5. The van der Waals surface area contributed by atoms with E-state index in [1.807, 2.05) is 0 Å². The van der Waals surface area contributed by atoms with Crippen LogP contribution in [0.3, 0.4) is 0 Å². The van der Waals surface area contributed by atoms with Crippen molar-refractivity contribution in [3.63, 3.8) is 0 Å². The fourth-order valence-corrected chi connectivity index (χ4v) is 1.00. The number of hydrogen-bond acceptors (Lipinski definition) is 5. The molecule has 0 radical (unpaired) electrons. The quantitative estimate of drug-likeness (QED) is 0.407. The summed E-state index contributed by atoms with van der Waals surface area (Å²) in [5.41, 5.74) is 16.2. The number of carboxylic acids is 1. The largest absolute Gasteiger partial charge is 0.480 e. The van der Waals surface area contributed by atoms with Gasteiger partial charge in [0.25, 0.3) is 0 Å². The van der Waals surface area contributed by atoms with E-state index in [1.54, 1.807) is 6.20 Å². The minimum atomic E-state index is -1.01. The number of aliphatic carboxylic acids is 1. The molecule has 0 saturated heterocycles. The second-order valence-corrected chi connectivity index (χ2v) is 3.49. The summed E-state index contributed by atoms with van der Waals surface area (Å²) in [5, 5.41) is 8.42. The number of aromatic amines is 1. The van der Waals surface area contributed by atoms with Crippen LogP contribution in [0.1, 0.15) is 18.5 Å². The lowest BCUT2D eigenvalue weighted by Crippen LogP contribution is -2.32. The summed E-state index contributed by atoms with van der Waals surface area (Å²) in [6.07, 6.45) is 5.51. The van der Waals surface area contributed by atoms with Crippen molar-refractivity contribution < 1.29 is 9.90 Å². The van der Waals surface area contributed by atoms with Gasteiger partial charge in [0.05, 0.1) is 12.0 Å². The third kappa shape index (κ3) is 8.38. The third-order valence-corrected chi connectivity index (χ3v) is 1.96. The number of nitrogens with one attached hydrogen (secondary N) is 1. The Morgan fingerprint density at radius 1 is 1.41 bits per heavy atom. The molecule has 7 heteroatoms. The molecule has 0 aliphatic carbocycles. The highest BCUT2D eigenvalue weighted by molar-refractivity contribution is 5.73. The fourth-order valence-electron chi connectivity index (χ4n) is 1.00. The Labute approximate surface area is 100 Å². The molecule has 8 N–H and O–H groups in total. The predicted molar refractivity (Wildman–Crippen MR) is 65.2 cm³/mol. The van der Waals surface area contributed by atoms with Gasteiger partial charge in [-0.15, -0.1) is 0 Å². The van der Waals surface area contributed by atoms with Crippen molar-refractivity contribution in [3.05, 3.63) is 18.2 Å². The van der Waals surface area contributed by atoms with Crippen molar-refractivity contribution in [3.8, 4) is 0 Å². The molecule has 0 unspecified atom stereocenters. The van der Waals surface area contributed by atoms with Crippen molar-refractivity contribution in [2.45, 2.75) is 25.3 Å². The monoisotopic (exact) mass is 243 g/mol. The number of imidazole rings is 1. The summed E-state index contributed by atoms with van der Waals surface area (Å²) in [6.45, 7) is 1.55. The smallest absolute Gasteiger partial charge is 0.320 e. The van der Waals surface area contributed by atoms with Crippen molar-refractivity contribution in [1.82, 2.24) is 9.97 Å². The van der Waals surface area contributed by atoms with Crippen molar-refractivity contribution in [2.75, 3.05) is 13.1 Å². The summed E-state index contributed by atoms with van der Waals surface area (Å²) in [6, 6.07) is -0.863. The summed E-state index contributed by atoms with van der Waals surface area (Å²) in [4.78, 5) is 16.8. The Morgan fingerprint density at radius 2 is 2.00 bits per heavy atom. The first-order valence-electron chi connectivity index (χ1n) is 5.48. The maximum Gasteiger partial charge on any atom is 0.320 e. The van der Waals surface area contributed by atoms with Gasteiger partial charge < -0.3 is 27.3 Å². The van der Waals surface area contributed by atoms with Crippen molar-refractivity contribution >= 4 is 5.97 Å². The lowest BCUT2D eigenvalue weighted by molar-refractivity contribution is -0.138. The first-order valence-corrected chi connectivity index (χ1v) is 5.48. The van der Waals surface area contributed by atoms with E-state index in [2.05, 4.69) is 9.97 Å². The number of rotatable bonds is 6. The zero-order valence-electron chi connectivity index (χ0n) is 9.80. The Bertz CT molecular complexity index is 285. The summed E-state index contributed by atoms with van der Waals surface area (Å²) in [5.74, 6) is -1.01. The van der Waals surface area contributed by atoms with Gasteiger partial charge in [0.15, 0.2) is 0 Å². The summed E-state index contributed by atoms with van der Waals surface area (Å²) < 4.78 is 0. The number of carboxylic acid groups (broad SMARTS) is 1. The average Bonchev–Trinajstić information content (AvgIpc) is 2.79. The number of nitrogens with zero attached hydrogens (tertiary/aromatic N) is 1. The van der Waals surface area contributed by atoms with Gasteiger partial charge in [-0.1, -0.05) is 0 Å². The standard InChI is InChI=1S/C6H9N3O2.C4H12N2/c7-5(6(10)11)1-4-2-8-3-9-4;5-3-1-2-4-6/h2-3,5H,1,7H2,(H,8,9)(H,10,11);1-6H2/t5-;/m0./s1. The second kappa shape index (κ2) is 9.76. The fraction of sp³-hybridized carbons (Fsp3) is 0.600. The number of unbranched alkanes of at least 4 members (excludes halogenated alkanes) is 1. The molecule has 0 aliphatic rings. The van der Waals surface area contributed by atoms with Crippen molar-refractivity contribution in [2.24, 2.45) is 17.2 Å². The molecule has 0 fully saturated rings. The highest BCUT2D eigenvalue weighted by Crippen LogP contribution is 1.95. The van der Waals surface area contributed by atoms with Crippen LogP contribution in [0.2, 0.25) is 0 Å². The molecule has 7 nitrogen and oxygen atoms in total. The number of H-pyrrole nitrogens is 1. The van der Waals surface area contributed by atoms with Crippen molar-refractivity contribution in [1.29, 1.82) is 0 Å². The van der Waals surface area contributed by atoms with Crippen LogP contribution >= 0.6 is 0 Å². The van der Waals surface area contributed by atoms with Crippen LogP contribution in [0, 0.1) is 0 Å². The number of carbonyl (C=O) groups is 1. The molecule has 0 aliphatic heterocycles. The van der Waals surface area contributed by atoms with E-state index >= 15 is 0 Å². The first-order chi connectivity index (χ1) is 8.11. The third-order valence-electron chi connectivity index (χ3n) is 1.96. The molecule has 0 bridgehead atoms. The maximum atomic E-state index is 10.3. The molecule has 0 saturated carbocycles. The van der Waals surface area contributed by atoms with Gasteiger partial charge in [-0.2, -0.15) is 0 Å². The SMILES string of the molecule is NCCCCN.N[C@@H](Cc1c[nH]cn1)C(=O)O. The first kappa shape index (κ1) is 15.6. The number of nitrogens with two attached hydrogens (primary N) is 3. The Morgan fingerprint density at radius 3 is 2.35 bits per heavy atom. The van der Waals surface area contributed by atoms with Crippen LogP contribution in [-0.4, -0.2) is 40.2 Å². The number of aromatic nitrogens is 2. The highest BCUT2D eigenvalue weighted by Gasteiger charge is 2.12. The molecule has 0 spiro atoms. The Hall–Kier alpha value is -1.44. The molecule has 1 atom stereocenters. The lowest BCUT2D eigenvalue weighted by Gasteiger charge is -2.01. The highest BCUT2D eigenvalue weighted by atomic mass is 16.4. The van der Waals surface area contributed by atoms with Gasteiger partial charge >= 0.3 is 5.97 Å². The van der Waals surface area contributed by atoms with Gasteiger partial charge in [-0.25, -0.2) is 4.98 Å². The molecule has 98 valence electrons. The van der Waals surface area contributed by atoms with E-state index in [-0.39, 0.29) is 6.42 Å². The van der Waals surface area contributed by atoms with E-state index in [4.69, 9.17) is 22.3 Å². The van der Waals surface area contributed by atoms with Crippen LogP contribution in [-0.2, 0) is 11.2 Å². The van der Waals surface area contributed by atoms with Crippen LogP contribution in [0.25, 0.3) is 0 Å². The zero-order chi connectivity index (χ0) is 13.1. The van der Waals surface area contributed by atoms with Crippen LogP contribution in [0.4, 0.5) is 0 Å². The molecule has 17 heavy (non-hydrogen) atoms.